The van der Waals surface area contributed by atoms with Gasteiger partial charge in [0.05, 0.1) is 0 Å². The van der Waals surface area contributed by atoms with Crippen molar-refractivity contribution in [2.45, 2.75) is 24.8 Å². The molecule has 3 aromatic heterocycles. The van der Waals surface area contributed by atoms with E-state index in [0.717, 1.165) is 22.1 Å². The predicted octanol–water partition coefficient (Wildman–Crippen LogP) is 3.14. The van der Waals surface area contributed by atoms with Gasteiger partial charge in [-0.3, -0.25) is 0 Å². The van der Waals surface area contributed by atoms with Crippen LogP contribution < -0.4 is 5.63 Å². The zero-order valence-electron chi connectivity index (χ0n) is 13.2. The molecule has 0 bridgehead atoms. The number of hydrogen-bond acceptors (Lipinski definition) is 6. The first kappa shape index (κ1) is 14.9. The number of thioether (sulfide) groups is 1. The molecule has 120 valence electrons. The molecule has 6 nitrogen and oxygen atoms in total. The van der Waals surface area contributed by atoms with Crippen molar-refractivity contribution >= 4 is 28.5 Å². The van der Waals surface area contributed by atoms with Crippen molar-refractivity contribution < 1.29 is 4.42 Å². The largest absolute Gasteiger partial charge is 0.422 e. The number of aromatic nitrogens is 4. The van der Waals surface area contributed by atoms with Gasteiger partial charge in [0.15, 0.2) is 0 Å². The lowest BCUT2D eigenvalue weighted by Gasteiger charge is -2.08. The average molecular weight is 338 g/mol. The zero-order valence-corrected chi connectivity index (χ0v) is 14.0. The smallest absolute Gasteiger partial charge is 0.336 e. The average Bonchev–Trinajstić information content (AvgIpc) is 2.99. The Morgan fingerprint density at radius 1 is 1.29 bits per heavy atom. The van der Waals surface area contributed by atoms with Gasteiger partial charge in [-0.15, -0.1) is 5.10 Å². The van der Waals surface area contributed by atoms with E-state index in [-0.39, 0.29) is 5.63 Å². The number of aryl methyl sites for hydroxylation is 2. The van der Waals surface area contributed by atoms with Gasteiger partial charge >= 0.3 is 5.63 Å². The fourth-order valence-electron chi connectivity index (χ4n) is 2.56. The molecular formula is C17H14N4O2S. The van der Waals surface area contributed by atoms with Crippen LogP contribution in [0, 0.1) is 13.8 Å². The highest BCUT2D eigenvalue weighted by Crippen LogP contribution is 2.27. The van der Waals surface area contributed by atoms with Gasteiger partial charge in [-0.1, -0.05) is 23.9 Å². The third kappa shape index (κ3) is 2.56. The molecule has 0 N–H and O–H groups in total. The Morgan fingerprint density at radius 3 is 3.00 bits per heavy atom. The second kappa shape index (κ2) is 5.76. The lowest BCUT2D eigenvalue weighted by molar-refractivity contribution is 0.557. The maximum atomic E-state index is 11.9. The molecule has 0 atom stereocenters. The van der Waals surface area contributed by atoms with Crippen LogP contribution >= 0.6 is 11.8 Å². The Kier molecular flexibility index (Phi) is 3.57. The maximum Gasteiger partial charge on any atom is 0.336 e. The van der Waals surface area contributed by atoms with Gasteiger partial charge < -0.3 is 4.42 Å². The van der Waals surface area contributed by atoms with Gasteiger partial charge in [0.2, 0.25) is 5.16 Å². The highest BCUT2D eigenvalue weighted by molar-refractivity contribution is 7.98. The first-order chi connectivity index (χ1) is 11.6. The van der Waals surface area contributed by atoms with Crippen LogP contribution in [0.5, 0.6) is 0 Å². The van der Waals surface area contributed by atoms with E-state index in [1.807, 2.05) is 26.0 Å². The maximum absolute atomic E-state index is 11.9. The van der Waals surface area contributed by atoms with Crippen LogP contribution in [0.3, 0.4) is 0 Å². The van der Waals surface area contributed by atoms with Crippen molar-refractivity contribution in [3.8, 4) is 0 Å². The lowest BCUT2D eigenvalue weighted by atomic mass is 10.0. The number of hydrogen-bond donors (Lipinski definition) is 0. The molecule has 0 unspecified atom stereocenters. The zero-order chi connectivity index (χ0) is 16.7. The Bertz CT molecular complexity index is 1080. The van der Waals surface area contributed by atoms with Crippen molar-refractivity contribution in [3.05, 3.63) is 63.8 Å². The van der Waals surface area contributed by atoms with Gasteiger partial charge in [0, 0.05) is 29.6 Å². The van der Waals surface area contributed by atoms with E-state index in [4.69, 9.17) is 4.42 Å². The Balaban J connectivity index is 1.71. The third-order valence-corrected chi connectivity index (χ3v) is 4.86. The molecule has 7 heteroatoms. The number of nitrogens with zero attached hydrogens (tertiary/aromatic N) is 4. The second-order valence-corrected chi connectivity index (χ2v) is 6.46. The van der Waals surface area contributed by atoms with Gasteiger partial charge in [0.25, 0.3) is 5.78 Å². The summed E-state index contributed by atoms with van der Waals surface area (Å²) in [7, 11) is 0. The highest BCUT2D eigenvalue weighted by atomic mass is 32.2. The molecule has 0 aliphatic rings. The normalized spacial score (nSPS) is 11.4. The van der Waals surface area contributed by atoms with E-state index < -0.39 is 0 Å². The van der Waals surface area contributed by atoms with Gasteiger partial charge in [0.1, 0.15) is 5.58 Å². The van der Waals surface area contributed by atoms with Crippen molar-refractivity contribution in [2.24, 2.45) is 0 Å². The quantitative estimate of drug-likeness (QED) is 0.422. The highest BCUT2D eigenvalue weighted by Gasteiger charge is 2.11. The minimum Gasteiger partial charge on any atom is -0.422 e. The summed E-state index contributed by atoms with van der Waals surface area (Å²) in [6.45, 7) is 3.97. The molecular weight excluding hydrogens is 324 g/mol. The summed E-state index contributed by atoms with van der Waals surface area (Å²) in [4.78, 5) is 20.4. The second-order valence-electron chi connectivity index (χ2n) is 5.52. The van der Waals surface area contributed by atoms with Crippen LogP contribution in [0.15, 0.2) is 51.0 Å². The molecule has 0 saturated heterocycles. The van der Waals surface area contributed by atoms with Crippen LogP contribution in [0.2, 0.25) is 0 Å². The summed E-state index contributed by atoms with van der Waals surface area (Å²) < 4.78 is 7.04. The summed E-state index contributed by atoms with van der Waals surface area (Å²) in [6.07, 6.45) is 3.48. The fraction of sp³-hybridized carbons (Fsp3) is 0.176. The molecule has 0 radical (unpaired) electrons. The third-order valence-electron chi connectivity index (χ3n) is 3.97. The Labute approximate surface area is 141 Å². The summed E-state index contributed by atoms with van der Waals surface area (Å²) in [5.74, 6) is 1.14. The van der Waals surface area contributed by atoms with Gasteiger partial charge in [-0.05, 0) is 36.6 Å². The molecule has 4 rings (SSSR count). The summed E-state index contributed by atoms with van der Waals surface area (Å²) in [5.41, 5.74) is 3.33. The van der Waals surface area contributed by atoms with Crippen LogP contribution in [0.1, 0.15) is 16.7 Å². The molecule has 4 aromatic rings. The number of fused-ring (bicyclic) bond motifs is 2. The summed E-state index contributed by atoms with van der Waals surface area (Å²) >= 11 is 1.47. The Hall–Kier alpha value is -2.67. The molecule has 0 aliphatic heterocycles. The molecule has 0 saturated carbocycles. The fourth-order valence-corrected chi connectivity index (χ4v) is 3.38. The monoisotopic (exact) mass is 338 g/mol. The minimum absolute atomic E-state index is 0.337. The topological polar surface area (TPSA) is 73.3 Å². The van der Waals surface area contributed by atoms with E-state index in [1.54, 1.807) is 23.0 Å². The molecule has 0 spiro atoms. The predicted molar refractivity (Wildman–Crippen MR) is 92.3 cm³/mol. The molecule has 1 aromatic carbocycles. The first-order valence-corrected chi connectivity index (χ1v) is 8.43. The van der Waals surface area contributed by atoms with Crippen LogP contribution in [-0.4, -0.2) is 19.6 Å². The summed E-state index contributed by atoms with van der Waals surface area (Å²) in [5, 5.41) is 5.94. The number of benzene rings is 1. The molecule has 0 fully saturated rings. The van der Waals surface area contributed by atoms with Gasteiger partial charge in [-0.25, -0.2) is 14.3 Å². The van der Waals surface area contributed by atoms with E-state index in [2.05, 4.69) is 15.1 Å². The van der Waals surface area contributed by atoms with Crippen LogP contribution in [0.4, 0.5) is 0 Å². The van der Waals surface area contributed by atoms with Gasteiger partial charge in [-0.2, -0.15) is 4.98 Å². The molecule has 0 amide bonds. The first-order valence-electron chi connectivity index (χ1n) is 7.45. The van der Waals surface area contributed by atoms with E-state index in [1.165, 1.54) is 17.8 Å². The molecule has 24 heavy (non-hydrogen) atoms. The molecule has 3 heterocycles. The van der Waals surface area contributed by atoms with Crippen LogP contribution in [-0.2, 0) is 5.75 Å². The van der Waals surface area contributed by atoms with E-state index in [0.29, 0.717) is 22.3 Å². The van der Waals surface area contributed by atoms with Crippen molar-refractivity contribution in [1.29, 1.82) is 0 Å². The standard InChI is InChI=1S/C17H14N4O2S/c1-10-4-5-13-12(8-14(22)23-15(13)11(10)2)9-24-17-19-16-18-6-3-7-21(16)20-17/h3-8H,9H2,1-2H3. The molecule has 0 aliphatic carbocycles. The van der Waals surface area contributed by atoms with Crippen molar-refractivity contribution in [3.63, 3.8) is 0 Å². The Morgan fingerprint density at radius 2 is 2.17 bits per heavy atom. The lowest BCUT2D eigenvalue weighted by Crippen LogP contribution is -2.01. The van der Waals surface area contributed by atoms with E-state index >= 15 is 0 Å². The minimum atomic E-state index is -0.337. The van der Waals surface area contributed by atoms with Crippen molar-refractivity contribution in [2.75, 3.05) is 0 Å². The van der Waals surface area contributed by atoms with E-state index in [9.17, 15) is 4.79 Å². The SMILES string of the molecule is Cc1ccc2c(CSc3nc4ncccn4n3)cc(=O)oc2c1C. The summed E-state index contributed by atoms with van der Waals surface area (Å²) in [6, 6.07) is 7.38. The number of rotatable bonds is 3. The van der Waals surface area contributed by atoms with Crippen LogP contribution in [0.25, 0.3) is 16.7 Å². The van der Waals surface area contributed by atoms with Crippen molar-refractivity contribution in [1.82, 2.24) is 19.6 Å².